The summed E-state index contributed by atoms with van der Waals surface area (Å²) in [5.74, 6) is -0.465. The van der Waals surface area contributed by atoms with Gasteiger partial charge in [-0.05, 0) is 48.9 Å². The monoisotopic (exact) mass is 419 g/mol. The van der Waals surface area contributed by atoms with E-state index in [-0.39, 0.29) is 15.5 Å². The van der Waals surface area contributed by atoms with E-state index in [1.54, 1.807) is 0 Å². The zero-order valence-corrected chi connectivity index (χ0v) is 17.5. The van der Waals surface area contributed by atoms with Crippen LogP contribution in [0.1, 0.15) is 23.7 Å². The maximum atomic E-state index is 12.7. The second-order valence-electron chi connectivity index (χ2n) is 6.67. The van der Waals surface area contributed by atoms with Crippen LogP contribution in [0.4, 0.5) is 5.69 Å². The Morgan fingerprint density at radius 1 is 1.14 bits per heavy atom. The lowest BCUT2D eigenvalue weighted by molar-refractivity contribution is 0.102. The van der Waals surface area contributed by atoms with Gasteiger partial charge in [-0.1, -0.05) is 18.5 Å². The molecule has 0 radical (unpaired) electrons. The molecular formula is C20H22ClN3O3S. The molecule has 2 aromatic carbocycles. The molecule has 0 saturated heterocycles. The third kappa shape index (κ3) is 3.92. The number of anilines is 1. The molecule has 3 rings (SSSR count). The summed E-state index contributed by atoms with van der Waals surface area (Å²) in [6, 6.07) is 11.8. The van der Waals surface area contributed by atoms with Crippen LogP contribution in [0.15, 0.2) is 53.6 Å². The van der Waals surface area contributed by atoms with Crippen molar-refractivity contribution in [2.24, 2.45) is 0 Å². The Morgan fingerprint density at radius 2 is 1.89 bits per heavy atom. The standard InChI is InChI=1S/C20H22ClN3O3S/c1-4-10-24-11-9-14-12-15(5-8-19(14)24)22-20(25)17-13-16(6-7-18(17)21)28(26,27)23(2)3/h5-9,11-13H,4,10H2,1-3H3,(H,22,25). The lowest BCUT2D eigenvalue weighted by Gasteiger charge is -2.13. The number of amides is 1. The largest absolute Gasteiger partial charge is 0.347 e. The van der Waals surface area contributed by atoms with Gasteiger partial charge in [-0.3, -0.25) is 4.79 Å². The summed E-state index contributed by atoms with van der Waals surface area (Å²) in [5, 5.41) is 4.00. The highest BCUT2D eigenvalue weighted by Crippen LogP contribution is 2.25. The summed E-state index contributed by atoms with van der Waals surface area (Å²) in [6.45, 7) is 3.05. The van der Waals surface area contributed by atoms with Crippen molar-refractivity contribution in [3.63, 3.8) is 0 Å². The molecule has 0 aliphatic rings. The van der Waals surface area contributed by atoms with Crippen molar-refractivity contribution in [1.29, 1.82) is 0 Å². The van der Waals surface area contributed by atoms with E-state index in [1.807, 2.05) is 30.5 Å². The number of sulfonamides is 1. The lowest BCUT2D eigenvalue weighted by Crippen LogP contribution is -2.23. The fraction of sp³-hybridized carbons (Fsp3) is 0.250. The summed E-state index contributed by atoms with van der Waals surface area (Å²) >= 11 is 6.15. The smallest absolute Gasteiger partial charge is 0.257 e. The molecule has 0 unspecified atom stereocenters. The van der Waals surface area contributed by atoms with Crippen molar-refractivity contribution in [2.45, 2.75) is 24.8 Å². The second kappa shape index (κ2) is 7.95. The van der Waals surface area contributed by atoms with Crippen molar-refractivity contribution in [3.05, 3.63) is 59.2 Å². The summed E-state index contributed by atoms with van der Waals surface area (Å²) < 4.78 is 27.9. The number of benzene rings is 2. The molecule has 0 atom stereocenters. The Labute approximate surface area is 169 Å². The minimum Gasteiger partial charge on any atom is -0.347 e. The number of rotatable bonds is 6. The highest BCUT2D eigenvalue weighted by atomic mass is 35.5. The van der Waals surface area contributed by atoms with Gasteiger partial charge in [0, 0.05) is 43.4 Å². The number of fused-ring (bicyclic) bond motifs is 1. The first-order valence-corrected chi connectivity index (χ1v) is 10.7. The molecule has 0 saturated carbocycles. The first-order valence-electron chi connectivity index (χ1n) is 8.86. The zero-order valence-electron chi connectivity index (χ0n) is 15.9. The van der Waals surface area contributed by atoms with Gasteiger partial charge >= 0.3 is 0 Å². The quantitative estimate of drug-likeness (QED) is 0.650. The normalized spacial score (nSPS) is 11.9. The Bertz CT molecular complexity index is 1140. The number of aromatic nitrogens is 1. The van der Waals surface area contributed by atoms with E-state index in [2.05, 4.69) is 16.8 Å². The second-order valence-corrected chi connectivity index (χ2v) is 9.22. The van der Waals surface area contributed by atoms with Gasteiger partial charge in [-0.2, -0.15) is 0 Å². The minimum absolute atomic E-state index is 0.0131. The molecule has 148 valence electrons. The number of aryl methyl sites for hydroxylation is 1. The van der Waals surface area contributed by atoms with E-state index >= 15 is 0 Å². The Morgan fingerprint density at radius 3 is 2.57 bits per heavy atom. The van der Waals surface area contributed by atoms with Crippen molar-refractivity contribution >= 4 is 44.1 Å². The molecule has 1 amide bonds. The van der Waals surface area contributed by atoms with Crippen LogP contribution in [0.5, 0.6) is 0 Å². The van der Waals surface area contributed by atoms with Gasteiger partial charge in [-0.15, -0.1) is 0 Å². The molecular weight excluding hydrogens is 398 g/mol. The molecule has 1 N–H and O–H groups in total. The van der Waals surface area contributed by atoms with E-state index in [4.69, 9.17) is 11.6 Å². The van der Waals surface area contributed by atoms with Crippen molar-refractivity contribution in [3.8, 4) is 0 Å². The van der Waals surface area contributed by atoms with E-state index in [0.29, 0.717) is 5.69 Å². The highest BCUT2D eigenvalue weighted by molar-refractivity contribution is 7.89. The fourth-order valence-electron chi connectivity index (χ4n) is 2.96. The number of hydrogen-bond donors (Lipinski definition) is 1. The molecule has 1 heterocycles. The molecule has 1 aromatic heterocycles. The maximum Gasteiger partial charge on any atom is 0.257 e. The molecule has 28 heavy (non-hydrogen) atoms. The number of hydrogen-bond acceptors (Lipinski definition) is 3. The fourth-order valence-corrected chi connectivity index (χ4v) is 4.09. The average molecular weight is 420 g/mol. The SMILES string of the molecule is CCCn1ccc2cc(NC(=O)c3cc(S(=O)(=O)N(C)C)ccc3Cl)ccc21. The van der Waals surface area contributed by atoms with E-state index in [9.17, 15) is 13.2 Å². The van der Waals surface area contributed by atoms with Crippen LogP contribution >= 0.6 is 11.6 Å². The van der Waals surface area contributed by atoms with Crippen molar-refractivity contribution < 1.29 is 13.2 Å². The minimum atomic E-state index is -3.66. The number of carbonyl (C=O) groups is 1. The first-order chi connectivity index (χ1) is 13.2. The van der Waals surface area contributed by atoms with Gasteiger partial charge in [-0.25, -0.2) is 12.7 Å². The van der Waals surface area contributed by atoms with Gasteiger partial charge in [0.05, 0.1) is 15.5 Å². The summed E-state index contributed by atoms with van der Waals surface area (Å²) in [6.07, 6.45) is 3.05. The third-order valence-corrected chi connectivity index (χ3v) is 6.60. The van der Waals surface area contributed by atoms with Crippen LogP contribution in [0.2, 0.25) is 5.02 Å². The molecule has 0 spiro atoms. The van der Waals surface area contributed by atoms with Gasteiger partial charge < -0.3 is 9.88 Å². The van der Waals surface area contributed by atoms with Crippen molar-refractivity contribution in [2.75, 3.05) is 19.4 Å². The molecule has 0 fully saturated rings. The van der Waals surface area contributed by atoms with E-state index in [1.165, 1.54) is 32.3 Å². The molecule has 6 nitrogen and oxygen atoms in total. The topological polar surface area (TPSA) is 71.4 Å². The molecule has 8 heteroatoms. The van der Waals surface area contributed by atoms with Crippen LogP contribution < -0.4 is 5.32 Å². The highest BCUT2D eigenvalue weighted by Gasteiger charge is 2.21. The molecule has 0 bridgehead atoms. The Kier molecular flexibility index (Phi) is 5.79. The lowest BCUT2D eigenvalue weighted by atomic mass is 10.2. The number of carbonyl (C=O) groups excluding carboxylic acids is 1. The predicted molar refractivity (Wildman–Crippen MR) is 113 cm³/mol. The summed E-state index contributed by atoms with van der Waals surface area (Å²) in [7, 11) is -0.794. The number of halogens is 1. The van der Waals surface area contributed by atoms with Crippen LogP contribution in [-0.2, 0) is 16.6 Å². The van der Waals surface area contributed by atoms with Crippen LogP contribution in [0.3, 0.4) is 0 Å². The molecule has 3 aromatic rings. The average Bonchev–Trinajstić information content (AvgIpc) is 3.04. The van der Waals surface area contributed by atoms with Crippen LogP contribution in [0, 0.1) is 0 Å². The number of nitrogens with one attached hydrogen (secondary N) is 1. The van der Waals surface area contributed by atoms with Gasteiger partial charge in [0.25, 0.3) is 5.91 Å². The molecule has 0 aliphatic carbocycles. The Balaban J connectivity index is 1.90. The Hall–Kier alpha value is -2.35. The molecule has 0 aliphatic heterocycles. The summed E-state index contributed by atoms with van der Waals surface area (Å²) in [4.78, 5) is 12.7. The van der Waals surface area contributed by atoms with Crippen molar-refractivity contribution in [1.82, 2.24) is 8.87 Å². The summed E-state index contributed by atoms with van der Waals surface area (Å²) in [5.41, 5.74) is 1.81. The first kappa shape index (κ1) is 20.4. The van der Waals surface area contributed by atoms with E-state index < -0.39 is 15.9 Å². The maximum absolute atomic E-state index is 12.7. The van der Waals surface area contributed by atoms with Gasteiger partial charge in [0.1, 0.15) is 0 Å². The van der Waals surface area contributed by atoms with Gasteiger partial charge in [0.2, 0.25) is 10.0 Å². The third-order valence-electron chi connectivity index (χ3n) is 4.45. The zero-order chi connectivity index (χ0) is 20.5. The van der Waals surface area contributed by atoms with Gasteiger partial charge in [0.15, 0.2) is 0 Å². The van der Waals surface area contributed by atoms with Crippen LogP contribution in [-0.4, -0.2) is 37.3 Å². The number of nitrogens with zero attached hydrogens (tertiary/aromatic N) is 2. The van der Waals surface area contributed by atoms with E-state index in [0.717, 1.165) is 28.2 Å². The predicted octanol–water partition coefficient (Wildman–Crippen LogP) is 4.21. The van der Waals surface area contributed by atoms with Crippen LogP contribution in [0.25, 0.3) is 10.9 Å².